The molecule has 1 rings (SSSR count). The lowest BCUT2D eigenvalue weighted by molar-refractivity contribution is 1.17. The maximum atomic E-state index is 8.43. The van der Waals surface area contributed by atoms with Gasteiger partial charge in [-0.3, -0.25) is 0 Å². The van der Waals surface area contributed by atoms with Gasteiger partial charge in [-0.1, -0.05) is 12.2 Å². The minimum atomic E-state index is 0.418. The molecule has 0 radical (unpaired) electrons. The molecular formula is C12H15ClN2S. The molecular weight excluding hydrogens is 240 g/mol. The highest BCUT2D eigenvalue weighted by atomic mass is 35.5. The highest BCUT2D eigenvalue weighted by Crippen LogP contribution is 2.17. The van der Waals surface area contributed by atoms with Crippen molar-refractivity contribution in [2.75, 3.05) is 5.88 Å². The molecule has 0 aliphatic heterocycles. The zero-order valence-corrected chi connectivity index (χ0v) is 11.1. The second-order valence-electron chi connectivity index (χ2n) is 2.88. The first-order valence-corrected chi connectivity index (χ1v) is 6.22. The molecule has 86 valence electrons. The lowest BCUT2D eigenvalue weighted by Gasteiger charge is -1.90. The smallest absolute Gasteiger partial charge is 0.107 e. The van der Waals surface area contributed by atoms with Crippen LogP contribution in [0.4, 0.5) is 0 Å². The van der Waals surface area contributed by atoms with Crippen LogP contribution in [-0.2, 0) is 6.42 Å². The lowest BCUT2D eigenvalue weighted by atomic mass is 10.2. The van der Waals surface area contributed by atoms with Crippen molar-refractivity contribution in [3.63, 3.8) is 0 Å². The molecule has 0 aliphatic carbocycles. The Hall–Kier alpha value is -1.11. The van der Waals surface area contributed by atoms with Gasteiger partial charge in [-0.25, -0.2) is 4.98 Å². The number of thiazole rings is 1. The Morgan fingerprint density at radius 2 is 2.38 bits per heavy atom. The van der Waals surface area contributed by atoms with Gasteiger partial charge in [0, 0.05) is 11.3 Å². The van der Waals surface area contributed by atoms with Gasteiger partial charge in [0.2, 0.25) is 0 Å². The second-order valence-corrected chi connectivity index (χ2v) is 4.13. The first-order valence-electron chi connectivity index (χ1n) is 4.81. The van der Waals surface area contributed by atoms with Crippen molar-refractivity contribution in [2.45, 2.75) is 20.3 Å². The molecule has 0 bridgehead atoms. The van der Waals surface area contributed by atoms with E-state index in [0.717, 1.165) is 16.3 Å². The Morgan fingerprint density at radius 3 is 2.81 bits per heavy atom. The third-order valence-corrected chi connectivity index (χ3v) is 2.80. The van der Waals surface area contributed by atoms with Crippen LogP contribution >= 0.6 is 22.9 Å². The molecule has 2 nitrogen and oxygen atoms in total. The second kappa shape index (κ2) is 9.14. The van der Waals surface area contributed by atoms with Crippen LogP contribution in [0.3, 0.4) is 0 Å². The van der Waals surface area contributed by atoms with E-state index in [-0.39, 0.29) is 0 Å². The topological polar surface area (TPSA) is 36.7 Å². The van der Waals surface area contributed by atoms with Crippen molar-refractivity contribution in [1.82, 2.24) is 4.98 Å². The van der Waals surface area contributed by atoms with Gasteiger partial charge < -0.3 is 0 Å². The summed E-state index contributed by atoms with van der Waals surface area (Å²) in [4.78, 5) is 4.30. The highest BCUT2D eigenvalue weighted by Gasteiger charge is 2.01. The Balaban J connectivity index is 0.000000487. The summed E-state index contributed by atoms with van der Waals surface area (Å²) in [5.74, 6) is 0.556. The first kappa shape index (κ1) is 14.9. The van der Waals surface area contributed by atoms with E-state index in [0.29, 0.717) is 12.3 Å². The van der Waals surface area contributed by atoms with Crippen molar-refractivity contribution in [2.24, 2.45) is 0 Å². The van der Waals surface area contributed by atoms with Crippen molar-refractivity contribution < 1.29 is 0 Å². The summed E-state index contributed by atoms with van der Waals surface area (Å²) in [5, 5.41) is 11.3. The van der Waals surface area contributed by atoms with Crippen LogP contribution in [0.2, 0.25) is 0 Å². The predicted molar refractivity (Wildman–Crippen MR) is 71.7 cm³/mol. The Bertz CT molecular complexity index is 388. The summed E-state index contributed by atoms with van der Waals surface area (Å²) >= 11 is 6.61. The van der Waals surface area contributed by atoms with Crippen molar-refractivity contribution in [1.29, 1.82) is 5.26 Å². The van der Waals surface area contributed by atoms with Gasteiger partial charge in [-0.15, -0.1) is 29.5 Å². The molecule has 0 unspecified atom stereocenters. The summed E-state index contributed by atoms with van der Waals surface area (Å²) in [6.45, 7) is 7.35. The number of hydrogen-bond acceptors (Lipinski definition) is 3. The monoisotopic (exact) mass is 254 g/mol. The van der Waals surface area contributed by atoms with E-state index in [4.69, 9.17) is 16.9 Å². The molecule has 0 atom stereocenters. The summed E-state index contributed by atoms with van der Waals surface area (Å²) in [5.41, 5.74) is 2.16. The van der Waals surface area contributed by atoms with Gasteiger partial charge in [0.1, 0.15) is 5.01 Å². The van der Waals surface area contributed by atoms with E-state index in [1.165, 1.54) is 0 Å². The molecule has 4 heteroatoms. The number of hydrogen-bond donors (Lipinski definition) is 0. The lowest BCUT2D eigenvalue weighted by Crippen LogP contribution is -1.82. The van der Waals surface area contributed by atoms with Crippen LogP contribution < -0.4 is 0 Å². The minimum absolute atomic E-state index is 0.418. The fourth-order valence-corrected chi connectivity index (χ4v) is 1.57. The molecule has 1 aromatic heterocycles. The van der Waals surface area contributed by atoms with Gasteiger partial charge in [-0.2, -0.15) is 5.26 Å². The minimum Gasteiger partial charge on any atom is -0.240 e. The fraction of sp³-hybridized carbons (Fsp3) is 0.333. The van der Waals surface area contributed by atoms with Crippen LogP contribution in [0.5, 0.6) is 0 Å². The SMILES string of the molecule is C/C=C(\C)c1csc(CC#N)n1.C=CCCl. The van der Waals surface area contributed by atoms with Crippen molar-refractivity contribution in [3.05, 3.63) is 34.8 Å². The molecule has 0 fully saturated rings. The van der Waals surface area contributed by atoms with Gasteiger partial charge in [-0.05, 0) is 19.4 Å². The van der Waals surface area contributed by atoms with E-state index in [1.807, 2.05) is 25.3 Å². The maximum Gasteiger partial charge on any atom is 0.107 e. The summed E-state index contributed by atoms with van der Waals surface area (Å²) in [6, 6.07) is 2.08. The molecule has 0 aromatic carbocycles. The molecule has 0 saturated heterocycles. The number of halogens is 1. The van der Waals surface area contributed by atoms with E-state index < -0.39 is 0 Å². The van der Waals surface area contributed by atoms with Crippen LogP contribution in [-0.4, -0.2) is 10.9 Å². The largest absolute Gasteiger partial charge is 0.240 e. The first-order chi connectivity index (χ1) is 7.69. The van der Waals surface area contributed by atoms with E-state index >= 15 is 0 Å². The number of aromatic nitrogens is 1. The predicted octanol–water partition coefficient (Wildman–Crippen LogP) is 4.04. The number of nitriles is 1. The molecule has 0 amide bonds. The summed E-state index contributed by atoms with van der Waals surface area (Å²) in [7, 11) is 0. The average molecular weight is 255 g/mol. The highest BCUT2D eigenvalue weighted by molar-refractivity contribution is 7.09. The molecule has 1 heterocycles. The fourth-order valence-electron chi connectivity index (χ4n) is 0.789. The van der Waals surface area contributed by atoms with E-state index in [9.17, 15) is 0 Å². The average Bonchev–Trinajstić information content (AvgIpc) is 2.77. The van der Waals surface area contributed by atoms with E-state index in [1.54, 1.807) is 17.4 Å². The van der Waals surface area contributed by atoms with Crippen LogP contribution in [0.1, 0.15) is 24.5 Å². The van der Waals surface area contributed by atoms with Crippen molar-refractivity contribution >= 4 is 28.5 Å². The normalized spacial score (nSPS) is 10.0. The van der Waals surface area contributed by atoms with Gasteiger partial charge in [0.05, 0.1) is 18.2 Å². The maximum absolute atomic E-state index is 8.43. The number of allylic oxidation sites excluding steroid dienone is 3. The van der Waals surface area contributed by atoms with Crippen LogP contribution in [0.25, 0.3) is 5.57 Å². The molecule has 0 N–H and O–H groups in total. The van der Waals surface area contributed by atoms with E-state index in [2.05, 4.69) is 17.6 Å². The van der Waals surface area contributed by atoms with Crippen molar-refractivity contribution in [3.8, 4) is 6.07 Å². The molecule has 0 aliphatic rings. The number of nitrogens with zero attached hydrogens (tertiary/aromatic N) is 2. The Labute approximate surface area is 106 Å². The van der Waals surface area contributed by atoms with Crippen LogP contribution in [0.15, 0.2) is 24.1 Å². The molecule has 16 heavy (non-hydrogen) atoms. The molecule has 0 spiro atoms. The third-order valence-electron chi connectivity index (χ3n) is 1.73. The third kappa shape index (κ3) is 5.69. The summed E-state index contributed by atoms with van der Waals surface area (Å²) in [6.07, 6.45) is 4.08. The molecule has 1 aromatic rings. The quantitative estimate of drug-likeness (QED) is 0.603. The van der Waals surface area contributed by atoms with Gasteiger partial charge in [0.15, 0.2) is 0 Å². The van der Waals surface area contributed by atoms with Crippen LogP contribution in [0, 0.1) is 11.3 Å². The van der Waals surface area contributed by atoms with Gasteiger partial charge >= 0.3 is 0 Å². The number of alkyl halides is 1. The Kier molecular flexibility index (Phi) is 8.51. The Morgan fingerprint density at radius 1 is 1.75 bits per heavy atom. The standard InChI is InChI=1S/C9H10N2S.C3H5Cl/c1-3-7(2)8-6-12-9(11-8)4-5-10;1-2-3-4/h3,6H,4H2,1-2H3;2H,1,3H2/b7-3+;. The zero-order valence-electron chi connectivity index (χ0n) is 9.53. The zero-order chi connectivity index (χ0) is 12.4. The molecule has 0 saturated carbocycles. The summed E-state index contributed by atoms with van der Waals surface area (Å²) < 4.78 is 0. The van der Waals surface area contributed by atoms with Gasteiger partial charge in [0.25, 0.3) is 0 Å². The number of rotatable bonds is 3.